The van der Waals surface area contributed by atoms with Gasteiger partial charge >= 0.3 is 0 Å². The standard InChI is InChI=1S/C19H23N3O2S/c1-3-14-5-9-16(10-6-14)20-19(25)22-21-18(23)13-24-17-11-7-15(4-2)8-12-17/h5-12H,3-4,13H2,1-2H3,(H,21,23)(H2,20,22,25). The summed E-state index contributed by atoms with van der Waals surface area (Å²) in [6, 6.07) is 15.6. The molecule has 0 aliphatic heterocycles. The van der Waals surface area contributed by atoms with Crippen LogP contribution >= 0.6 is 12.2 Å². The number of nitrogens with one attached hydrogen (secondary N) is 3. The summed E-state index contributed by atoms with van der Waals surface area (Å²) in [5, 5.41) is 3.31. The van der Waals surface area contributed by atoms with Crippen LogP contribution in [0.2, 0.25) is 0 Å². The van der Waals surface area contributed by atoms with Crippen LogP contribution in [0, 0.1) is 0 Å². The first-order valence-corrected chi connectivity index (χ1v) is 8.68. The highest BCUT2D eigenvalue weighted by Gasteiger charge is 2.04. The topological polar surface area (TPSA) is 62.4 Å². The largest absolute Gasteiger partial charge is 0.484 e. The van der Waals surface area contributed by atoms with Gasteiger partial charge in [-0.15, -0.1) is 0 Å². The number of aryl methyl sites for hydroxylation is 2. The highest BCUT2D eigenvalue weighted by molar-refractivity contribution is 7.80. The molecule has 0 saturated carbocycles. The van der Waals surface area contributed by atoms with Gasteiger partial charge in [0.1, 0.15) is 5.75 Å². The number of carbonyl (C=O) groups is 1. The van der Waals surface area contributed by atoms with Crippen molar-refractivity contribution in [3.05, 3.63) is 59.7 Å². The van der Waals surface area contributed by atoms with Gasteiger partial charge in [0.2, 0.25) is 0 Å². The Morgan fingerprint density at radius 1 is 0.920 bits per heavy atom. The lowest BCUT2D eigenvalue weighted by Gasteiger charge is -2.12. The van der Waals surface area contributed by atoms with Gasteiger partial charge in [0.05, 0.1) is 0 Å². The molecule has 0 unspecified atom stereocenters. The van der Waals surface area contributed by atoms with Crippen LogP contribution in [-0.4, -0.2) is 17.6 Å². The number of carbonyl (C=O) groups excluding carboxylic acids is 1. The third kappa shape index (κ3) is 6.43. The molecule has 6 heteroatoms. The van der Waals surface area contributed by atoms with E-state index in [1.165, 1.54) is 11.1 Å². The predicted octanol–water partition coefficient (Wildman–Crippen LogP) is 3.21. The summed E-state index contributed by atoms with van der Waals surface area (Å²) < 4.78 is 5.43. The molecule has 0 fully saturated rings. The van der Waals surface area contributed by atoms with Crippen molar-refractivity contribution in [2.24, 2.45) is 0 Å². The Hall–Kier alpha value is -2.60. The average Bonchev–Trinajstić information content (AvgIpc) is 2.65. The zero-order chi connectivity index (χ0) is 18.1. The molecule has 0 bridgehead atoms. The normalized spacial score (nSPS) is 10.0. The summed E-state index contributed by atoms with van der Waals surface area (Å²) >= 11 is 5.14. The van der Waals surface area contributed by atoms with E-state index in [1.54, 1.807) is 0 Å². The minimum Gasteiger partial charge on any atom is -0.484 e. The number of rotatable bonds is 6. The Morgan fingerprint density at radius 3 is 2.04 bits per heavy atom. The number of amides is 1. The van der Waals surface area contributed by atoms with Crippen molar-refractivity contribution in [1.82, 2.24) is 10.9 Å². The predicted molar refractivity (Wildman–Crippen MR) is 105 cm³/mol. The van der Waals surface area contributed by atoms with Gasteiger partial charge in [-0.25, -0.2) is 0 Å². The maximum Gasteiger partial charge on any atom is 0.276 e. The van der Waals surface area contributed by atoms with Crippen LogP contribution in [0.4, 0.5) is 5.69 Å². The van der Waals surface area contributed by atoms with Crippen molar-refractivity contribution in [2.45, 2.75) is 26.7 Å². The van der Waals surface area contributed by atoms with E-state index in [1.807, 2.05) is 48.5 Å². The third-order valence-electron chi connectivity index (χ3n) is 3.64. The quantitative estimate of drug-likeness (QED) is 0.547. The number of benzene rings is 2. The Labute approximate surface area is 153 Å². The monoisotopic (exact) mass is 357 g/mol. The molecule has 25 heavy (non-hydrogen) atoms. The molecule has 0 spiro atoms. The second-order valence-corrected chi connectivity index (χ2v) is 5.87. The van der Waals surface area contributed by atoms with Crippen LogP contribution in [0.3, 0.4) is 0 Å². The molecule has 3 N–H and O–H groups in total. The lowest BCUT2D eigenvalue weighted by atomic mass is 10.1. The molecule has 0 atom stereocenters. The van der Waals surface area contributed by atoms with Crippen molar-refractivity contribution in [3.8, 4) is 5.75 Å². The van der Waals surface area contributed by atoms with Gasteiger partial charge in [-0.3, -0.25) is 15.6 Å². The molecular formula is C19H23N3O2S. The maximum absolute atomic E-state index is 11.8. The number of hydrogen-bond donors (Lipinski definition) is 3. The molecule has 2 aromatic rings. The fraction of sp³-hybridized carbons (Fsp3) is 0.263. The SMILES string of the molecule is CCc1ccc(NC(=S)NNC(=O)COc2ccc(CC)cc2)cc1. The zero-order valence-electron chi connectivity index (χ0n) is 14.5. The molecule has 0 radical (unpaired) electrons. The molecule has 0 aromatic heterocycles. The average molecular weight is 357 g/mol. The minimum atomic E-state index is -0.315. The van der Waals surface area contributed by atoms with E-state index in [0.717, 1.165) is 18.5 Å². The summed E-state index contributed by atoms with van der Waals surface area (Å²) in [6.45, 7) is 4.10. The number of ether oxygens (including phenoxy) is 1. The van der Waals surface area contributed by atoms with Gasteiger partial charge in [-0.1, -0.05) is 38.1 Å². The fourth-order valence-corrected chi connectivity index (χ4v) is 2.29. The molecule has 0 heterocycles. The molecular weight excluding hydrogens is 334 g/mol. The molecule has 2 rings (SSSR count). The van der Waals surface area contributed by atoms with Crippen LogP contribution < -0.4 is 20.9 Å². The van der Waals surface area contributed by atoms with Gasteiger partial charge in [-0.2, -0.15) is 0 Å². The van der Waals surface area contributed by atoms with E-state index >= 15 is 0 Å². The van der Waals surface area contributed by atoms with Gasteiger partial charge in [0.25, 0.3) is 5.91 Å². The second kappa shape index (κ2) is 9.64. The Bertz CT molecular complexity index is 700. The van der Waals surface area contributed by atoms with Crippen LogP contribution in [0.15, 0.2) is 48.5 Å². The highest BCUT2D eigenvalue weighted by Crippen LogP contribution is 2.12. The van der Waals surface area contributed by atoms with Crippen LogP contribution in [0.25, 0.3) is 0 Å². The van der Waals surface area contributed by atoms with Gasteiger partial charge < -0.3 is 10.1 Å². The van der Waals surface area contributed by atoms with E-state index in [0.29, 0.717) is 10.9 Å². The van der Waals surface area contributed by atoms with Crippen molar-refractivity contribution >= 4 is 28.9 Å². The summed E-state index contributed by atoms with van der Waals surface area (Å²) in [7, 11) is 0. The summed E-state index contributed by atoms with van der Waals surface area (Å²) in [6.07, 6.45) is 1.95. The maximum atomic E-state index is 11.8. The molecule has 2 aromatic carbocycles. The van der Waals surface area contributed by atoms with Crippen LogP contribution in [-0.2, 0) is 17.6 Å². The van der Waals surface area contributed by atoms with Crippen molar-refractivity contribution in [2.75, 3.05) is 11.9 Å². The zero-order valence-corrected chi connectivity index (χ0v) is 15.3. The highest BCUT2D eigenvalue weighted by atomic mass is 32.1. The lowest BCUT2D eigenvalue weighted by molar-refractivity contribution is -0.123. The van der Waals surface area contributed by atoms with Gasteiger partial charge in [0, 0.05) is 5.69 Å². The Kier molecular flexibility index (Phi) is 7.22. The number of hydrogen-bond acceptors (Lipinski definition) is 3. The molecule has 0 aliphatic rings. The van der Waals surface area contributed by atoms with Crippen LogP contribution in [0.1, 0.15) is 25.0 Å². The van der Waals surface area contributed by atoms with E-state index in [4.69, 9.17) is 17.0 Å². The van der Waals surface area contributed by atoms with Crippen LogP contribution in [0.5, 0.6) is 5.75 Å². The first-order chi connectivity index (χ1) is 12.1. The van der Waals surface area contributed by atoms with Crippen molar-refractivity contribution in [3.63, 3.8) is 0 Å². The fourth-order valence-electron chi connectivity index (χ4n) is 2.12. The second-order valence-electron chi connectivity index (χ2n) is 5.46. The van der Waals surface area contributed by atoms with E-state index in [-0.39, 0.29) is 12.5 Å². The van der Waals surface area contributed by atoms with Crippen molar-refractivity contribution < 1.29 is 9.53 Å². The van der Waals surface area contributed by atoms with Crippen molar-refractivity contribution in [1.29, 1.82) is 0 Å². The summed E-state index contributed by atoms with van der Waals surface area (Å²) in [5.41, 5.74) is 8.49. The summed E-state index contributed by atoms with van der Waals surface area (Å²) in [5.74, 6) is 0.342. The van der Waals surface area contributed by atoms with Gasteiger partial charge in [-0.05, 0) is 60.5 Å². The smallest absolute Gasteiger partial charge is 0.276 e. The third-order valence-corrected chi connectivity index (χ3v) is 3.84. The van der Waals surface area contributed by atoms with E-state index in [2.05, 4.69) is 30.0 Å². The van der Waals surface area contributed by atoms with E-state index in [9.17, 15) is 4.79 Å². The number of anilines is 1. The minimum absolute atomic E-state index is 0.0910. The molecule has 0 aliphatic carbocycles. The lowest BCUT2D eigenvalue weighted by Crippen LogP contribution is -2.45. The van der Waals surface area contributed by atoms with Gasteiger partial charge in [0.15, 0.2) is 11.7 Å². The summed E-state index contributed by atoms with van der Waals surface area (Å²) in [4.78, 5) is 11.8. The molecule has 132 valence electrons. The first-order valence-electron chi connectivity index (χ1n) is 8.27. The number of thiocarbonyl (C=S) groups is 1. The molecule has 0 saturated heterocycles. The van der Waals surface area contributed by atoms with E-state index < -0.39 is 0 Å². The molecule has 5 nitrogen and oxygen atoms in total. The molecule has 1 amide bonds. The number of hydrazine groups is 1. The first kappa shape index (κ1) is 18.7. The Morgan fingerprint density at radius 2 is 1.48 bits per heavy atom. The Balaban J connectivity index is 1.70.